The van der Waals surface area contributed by atoms with Crippen molar-refractivity contribution < 1.29 is 24.2 Å². The lowest BCUT2D eigenvalue weighted by Crippen LogP contribution is -2.55. The van der Waals surface area contributed by atoms with Crippen molar-refractivity contribution in [3.05, 3.63) is 29.8 Å². The number of nitrogens with two attached hydrogens (primary N) is 1. The van der Waals surface area contributed by atoms with Gasteiger partial charge in [0, 0.05) is 26.2 Å². The van der Waals surface area contributed by atoms with Crippen molar-refractivity contribution in [1.82, 2.24) is 15.1 Å². The van der Waals surface area contributed by atoms with Crippen molar-refractivity contribution in [2.75, 3.05) is 39.3 Å². The molecule has 30 heavy (non-hydrogen) atoms. The Morgan fingerprint density at radius 1 is 1.33 bits per heavy atom. The number of rotatable bonds is 10. The van der Waals surface area contributed by atoms with Gasteiger partial charge in [0.15, 0.2) is 6.10 Å². The van der Waals surface area contributed by atoms with E-state index in [2.05, 4.69) is 17.1 Å². The van der Waals surface area contributed by atoms with E-state index < -0.39 is 12.0 Å². The van der Waals surface area contributed by atoms with Crippen LogP contribution in [0.2, 0.25) is 0 Å². The maximum atomic E-state index is 12.5. The number of carboxylic acids is 1. The number of nitrogens with zero attached hydrogens (tertiary/aromatic N) is 2. The first-order valence-electron chi connectivity index (χ1n) is 10.6. The third kappa shape index (κ3) is 5.84. The molecule has 2 saturated heterocycles. The number of cyclic esters (lactones) is 1. The molecule has 9 heteroatoms. The SMILES string of the molecule is CCCC(N1CCNCC1)N1CC(COc2ccc(CC(N)C(=O)O)cc2)OC1=O. The highest BCUT2D eigenvalue weighted by Crippen LogP contribution is 2.22. The molecule has 1 aromatic rings. The van der Waals surface area contributed by atoms with Crippen molar-refractivity contribution in [3.8, 4) is 5.75 Å². The van der Waals surface area contributed by atoms with E-state index in [1.54, 1.807) is 24.3 Å². The maximum absolute atomic E-state index is 12.5. The van der Waals surface area contributed by atoms with Gasteiger partial charge in [0.1, 0.15) is 18.4 Å². The molecule has 0 saturated carbocycles. The zero-order valence-corrected chi connectivity index (χ0v) is 17.5. The topological polar surface area (TPSA) is 117 Å². The Morgan fingerprint density at radius 3 is 2.67 bits per heavy atom. The lowest BCUT2D eigenvalue weighted by atomic mass is 10.1. The second kappa shape index (κ2) is 10.6. The summed E-state index contributed by atoms with van der Waals surface area (Å²) in [7, 11) is 0. The monoisotopic (exact) mass is 420 g/mol. The minimum absolute atomic E-state index is 0.0623. The van der Waals surface area contributed by atoms with Crippen molar-refractivity contribution in [2.45, 2.75) is 44.5 Å². The van der Waals surface area contributed by atoms with E-state index in [0.29, 0.717) is 12.3 Å². The number of carbonyl (C=O) groups excluding carboxylic acids is 1. The van der Waals surface area contributed by atoms with Crippen LogP contribution in [0, 0.1) is 0 Å². The predicted octanol–water partition coefficient (Wildman–Crippen LogP) is 0.872. The van der Waals surface area contributed by atoms with Gasteiger partial charge in [0.05, 0.1) is 12.7 Å². The number of carbonyl (C=O) groups is 2. The van der Waals surface area contributed by atoms with Crippen LogP contribution in [0.15, 0.2) is 24.3 Å². The van der Waals surface area contributed by atoms with E-state index in [1.807, 2.05) is 4.90 Å². The minimum Gasteiger partial charge on any atom is -0.490 e. The molecule has 2 heterocycles. The van der Waals surface area contributed by atoms with Gasteiger partial charge in [-0.05, 0) is 30.5 Å². The molecule has 3 unspecified atom stereocenters. The molecule has 0 aromatic heterocycles. The van der Waals surface area contributed by atoms with Crippen LogP contribution < -0.4 is 15.8 Å². The summed E-state index contributed by atoms with van der Waals surface area (Å²) in [4.78, 5) is 27.5. The smallest absolute Gasteiger partial charge is 0.411 e. The van der Waals surface area contributed by atoms with Gasteiger partial charge in [-0.1, -0.05) is 25.5 Å². The number of ether oxygens (including phenoxy) is 2. The summed E-state index contributed by atoms with van der Waals surface area (Å²) < 4.78 is 11.4. The zero-order valence-electron chi connectivity index (χ0n) is 17.5. The molecule has 2 aliphatic heterocycles. The normalized spacial score (nSPS) is 21.9. The van der Waals surface area contributed by atoms with Crippen LogP contribution in [0.5, 0.6) is 5.75 Å². The van der Waals surface area contributed by atoms with Gasteiger partial charge in [-0.2, -0.15) is 0 Å². The molecule has 4 N–H and O–H groups in total. The van der Waals surface area contributed by atoms with Crippen molar-refractivity contribution in [2.24, 2.45) is 5.73 Å². The average Bonchev–Trinajstić information content (AvgIpc) is 3.12. The number of hydrogen-bond acceptors (Lipinski definition) is 7. The molecule has 1 aromatic carbocycles. The van der Waals surface area contributed by atoms with E-state index >= 15 is 0 Å². The van der Waals surface area contributed by atoms with Crippen molar-refractivity contribution in [1.29, 1.82) is 0 Å². The number of nitrogens with one attached hydrogen (secondary N) is 1. The largest absolute Gasteiger partial charge is 0.490 e. The fourth-order valence-electron chi connectivity index (χ4n) is 3.90. The molecule has 1 amide bonds. The van der Waals surface area contributed by atoms with Gasteiger partial charge in [0.2, 0.25) is 0 Å². The number of amides is 1. The van der Waals surface area contributed by atoms with E-state index in [4.69, 9.17) is 20.3 Å². The number of piperazine rings is 1. The first-order chi connectivity index (χ1) is 14.5. The molecule has 166 valence electrons. The van der Waals surface area contributed by atoms with Crippen LogP contribution in [0.3, 0.4) is 0 Å². The highest BCUT2D eigenvalue weighted by atomic mass is 16.6. The number of benzene rings is 1. The Bertz CT molecular complexity index is 708. The molecule has 2 aliphatic rings. The summed E-state index contributed by atoms with van der Waals surface area (Å²) >= 11 is 0. The van der Waals surface area contributed by atoms with Crippen LogP contribution >= 0.6 is 0 Å². The molecule has 2 fully saturated rings. The molecule has 9 nitrogen and oxygen atoms in total. The van der Waals surface area contributed by atoms with Gasteiger partial charge in [0.25, 0.3) is 0 Å². The second-order valence-corrected chi connectivity index (χ2v) is 7.82. The third-order valence-corrected chi connectivity index (χ3v) is 5.51. The molecular weight excluding hydrogens is 388 g/mol. The Kier molecular flexibility index (Phi) is 7.89. The number of hydrogen-bond donors (Lipinski definition) is 3. The van der Waals surface area contributed by atoms with Crippen LogP contribution in [-0.4, -0.2) is 84.6 Å². The van der Waals surface area contributed by atoms with Gasteiger partial charge < -0.3 is 25.6 Å². The summed E-state index contributed by atoms with van der Waals surface area (Å²) in [6, 6.07) is 6.23. The Balaban J connectivity index is 1.51. The molecule has 0 bridgehead atoms. The molecular formula is C21H32N4O5. The standard InChI is InChI=1S/C21H32N4O5/c1-2-3-19(24-10-8-23-9-11-24)25-13-17(30-21(25)28)14-29-16-6-4-15(5-7-16)12-18(22)20(26)27/h4-7,17-19,23H,2-3,8-14,22H2,1H3,(H,26,27). The molecule has 3 atom stereocenters. The van der Waals surface area contributed by atoms with Crippen LogP contribution in [0.1, 0.15) is 25.3 Å². The first-order valence-corrected chi connectivity index (χ1v) is 10.6. The summed E-state index contributed by atoms with van der Waals surface area (Å²) in [6.45, 7) is 6.63. The van der Waals surface area contributed by atoms with Crippen molar-refractivity contribution in [3.63, 3.8) is 0 Å². The molecule has 0 aliphatic carbocycles. The van der Waals surface area contributed by atoms with Crippen LogP contribution in [-0.2, 0) is 16.0 Å². The highest BCUT2D eigenvalue weighted by molar-refractivity contribution is 5.73. The molecule has 0 spiro atoms. The lowest BCUT2D eigenvalue weighted by molar-refractivity contribution is -0.138. The van der Waals surface area contributed by atoms with Gasteiger partial charge in [-0.3, -0.25) is 14.6 Å². The zero-order chi connectivity index (χ0) is 21.5. The van der Waals surface area contributed by atoms with Gasteiger partial charge in [-0.25, -0.2) is 4.79 Å². The maximum Gasteiger partial charge on any atom is 0.411 e. The second-order valence-electron chi connectivity index (χ2n) is 7.82. The first kappa shape index (κ1) is 22.3. The summed E-state index contributed by atoms with van der Waals surface area (Å²) in [5, 5.41) is 12.2. The van der Waals surface area contributed by atoms with E-state index in [0.717, 1.165) is 44.6 Å². The Hall–Kier alpha value is -2.36. The summed E-state index contributed by atoms with van der Waals surface area (Å²) in [5.41, 5.74) is 6.39. The van der Waals surface area contributed by atoms with Crippen LogP contribution in [0.25, 0.3) is 0 Å². The quantitative estimate of drug-likeness (QED) is 0.511. The van der Waals surface area contributed by atoms with E-state index in [1.165, 1.54) is 0 Å². The van der Waals surface area contributed by atoms with Gasteiger partial charge >= 0.3 is 12.1 Å². The number of aliphatic carboxylic acids is 1. The van der Waals surface area contributed by atoms with E-state index in [9.17, 15) is 9.59 Å². The van der Waals surface area contributed by atoms with Gasteiger partial charge in [-0.15, -0.1) is 0 Å². The molecule has 3 rings (SSSR count). The Labute approximate surface area is 177 Å². The van der Waals surface area contributed by atoms with E-state index in [-0.39, 0.29) is 31.4 Å². The van der Waals surface area contributed by atoms with Crippen LogP contribution in [0.4, 0.5) is 4.79 Å². The Morgan fingerprint density at radius 2 is 2.03 bits per heavy atom. The fraction of sp³-hybridized carbons (Fsp3) is 0.619. The van der Waals surface area contributed by atoms with Crippen molar-refractivity contribution >= 4 is 12.1 Å². The fourth-order valence-corrected chi connectivity index (χ4v) is 3.90. The lowest BCUT2D eigenvalue weighted by Gasteiger charge is -2.38. The minimum atomic E-state index is -1.02. The third-order valence-electron chi connectivity index (χ3n) is 5.51. The number of carboxylic acid groups (broad SMARTS) is 1. The average molecular weight is 421 g/mol. The summed E-state index contributed by atoms with van der Waals surface area (Å²) in [5.74, 6) is -0.380. The highest BCUT2D eigenvalue weighted by Gasteiger charge is 2.38. The predicted molar refractivity (Wildman–Crippen MR) is 111 cm³/mol. The molecule has 0 radical (unpaired) electrons. The summed E-state index contributed by atoms with van der Waals surface area (Å²) in [6.07, 6.45) is 1.64.